The molecule has 182 valence electrons. The third kappa shape index (κ3) is 4.89. The highest BCUT2D eigenvalue weighted by atomic mass is 28.3. The van der Waals surface area contributed by atoms with E-state index in [9.17, 15) is 0 Å². The van der Waals surface area contributed by atoms with Crippen LogP contribution in [0.4, 0.5) is 0 Å². The Balaban J connectivity index is 2.12. The fourth-order valence-electron chi connectivity index (χ4n) is 5.54. The molecule has 0 spiro atoms. The second kappa shape index (κ2) is 10.5. The van der Waals surface area contributed by atoms with Crippen molar-refractivity contribution in [2.75, 3.05) is 0 Å². The summed E-state index contributed by atoms with van der Waals surface area (Å²) in [6, 6.07) is 28.7. The van der Waals surface area contributed by atoms with Gasteiger partial charge in [-0.05, 0) is 62.8 Å². The van der Waals surface area contributed by atoms with Crippen molar-refractivity contribution in [3.63, 3.8) is 0 Å². The standard InChI is InChI=1S/C34H42Si/c1-8-27-18-19-34(20-27)35(31-15-9-12-28(21-31)24(2)3,32-16-10-13-29(22-32)25(4)5)33-17-11-14-30(23-33)26(6)7/h9-18,20-26H,8,19H2,1-7H3. The minimum Gasteiger partial charge on any atom is -0.0776 e. The van der Waals surface area contributed by atoms with Crippen molar-refractivity contribution in [2.24, 2.45) is 0 Å². The summed E-state index contributed by atoms with van der Waals surface area (Å²) in [7, 11) is -2.47. The van der Waals surface area contributed by atoms with Crippen LogP contribution in [0.15, 0.2) is 95.7 Å². The average Bonchev–Trinajstić information content (AvgIpc) is 3.34. The lowest BCUT2D eigenvalue weighted by Crippen LogP contribution is -2.68. The first kappa shape index (κ1) is 25.4. The number of hydrogen-bond acceptors (Lipinski definition) is 0. The van der Waals surface area contributed by atoms with E-state index in [4.69, 9.17) is 0 Å². The summed E-state index contributed by atoms with van der Waals surface area (Å²) in [6.45, 7) is 16.2. The Bertz CT molecular complexity index is 1110. The molecule has 0 saturated carbocycles. The van der Waals surface area contributed by atoms with Crippen LogP contribution in [0.2, 0.25) is 0 Å². The second-order valence-electron chi connectivity index (χ2n) is 11.1. The Kier molecular flexibility index (Phi) is 7.67. The molecule has 0 heterocycles. The van der Waals surface area contributed by atoms with Gasteiger partial charge >= 0.3 is 0 Å². The zero-order valence-corrected chi connectivity index (χ0v) is 23.7. The minimum atomic E-state index is -2.47. The van der Waals surface area contributed by atoms with Gasteiger partial charge in [0.1, 0.15) is 0 Å². The van der Waals surface area contributed by atoms with Gasteiger partial charge in [-0.2, -0.15) is 0 Å². The van der Waals surface area contributed by atoms with Crippen molar-refractivity contribution in [2.45, 2.75) is 79.1 Å². The molecule has 1 aliphatic rings. The lowest BCUT2D eigenvalue weighted by atomic mass is 10.0. The van der Waals surface area contributed by atoms with E-state index in [0.29, 0.717) is 17.8 Å². The molecule has 0 nitrogen and oxygen atoms in total. The maximum absolute atomic E-state index is 2.55. The molecular weight excluding hydrogens is 436 g/mol. The minimum absolute atomic E-state index is 0.507. The summed E-state index contributed by atoms with van der Waals surface area (Å²) in [6.07, 6.45) is 7.18. The SMILES string of the molecule is CCC1=CCC([Si](c2cccc(C(C)C)c2)(c2cccc(C(C)C)c2)c2cccc(C(C)C)c2)=C1. The highest BCUT2D eigenvalue weighted by Gasteiger charge is 2.44. The molecule has 0 amide bonds. The van der Waals surface area contributed by atoms with Crippen LogP contribution >= 0.6 is 0 Å². The third-order valence-corrected chi connectivity index (χ3v) is 12.6. The van der Waals surface area contributed by atoms with Crippen LogP contribution in [0.1, 0.15) is 95.8 Å². The highest BCUT2D eigenvalue weighted by Crippen LogP contribution is 2.30. The number of hydrogen-bond donors (Lipinski definition) is 0. The number of allylic oxidation sites excluding steroid dienone is 4. The van der Waals surface area contributed by atoms with Crippen molar-refractivity contribution < 1.29 is 0 Å². The van der Waals surface area contributed by atoms with Crippen LogP contribution in [0.5, 0.6) is 0 Å². The third-order valence-electron chi connectivity index (χ3n) is 7.79. The first-order chi connectivity index (χ1) is 16.8. The molecule has 35 heavy (non-hydrogen) atoms. The number of benzene rings is 3. The number of rotatable bonds is 8. The van der Waals surface area contributed by atoms with Crippen LogP contribution in [0.25, 0.3) is 0 Å². The van der Waals surface area contributed by atoms with E-state index >= 15 is 0 Å². The maximum atomic E-state index is 2.55. The molecule has 1 heteroatoms. The Labute approximate surface area is 214 Å². The van der Waals surface area contributed by atoms with Crippen LogP contribution in [0, 0.1) is 0 Å². The fourth-order valence-corrected chi connectivity index (χ4v) is 10.7. The van der Waals surface area contributed by atoms with E-state index in [-0.39, 0.29) is 0 Å². The van der Waals surface area contributed by atoms with Crippen molar-refractivity contribution in [3.8, 4) is 0 Å². The van der Waals surface area contributed by atoms with E-state index in [1.165, 1.54) is 37.8 Å². The lowest BCUT2D eigenvalue weighted by Gasteiger charge is -2.37. The molecular formula is C34H42Si. The molecule has 0 unspecified atom stereocenters. The molecule has 3 aromatic rings. The molecule has 0 bridgehead atoms. The molecule has 0 N–H and O–H groups in total. The van der Waals surface area contributed by atoms with Gasteiger partial charge < -0.3 is 0 Å². The molecule has 0 radical (unpaired) electrons. The molecule has 0 aromatic heterocycles. The van der Waals surface area contributed by atoms with Crippen molar-refractivity contribution >= 4 is 23.6 Å². The topological polar surface area (TPSA) is 0 Å². The van der Waals surface area contributed by atoms with Crippen LogP contribution in [0.3, 0.4) is 0 Å². The Morgan fingerprint density at radius 1 is 0.629 bits per heavy atom. The predicted molar refractivity (Wildman–Crippen MR) is 157 cm³/mol. The summed E-state index contributed by atoms with van der Waals surface area (Å²) in [4.78, 5) is 0. The fraction of sp³-hybridized carbons (Fsp3) is 0.353. The van der Waals surface area contributed by atoms with Crippen LogP contribution in [-0.4, -0.2) is 8.07 Å². The molecule has 3 aromatic carbocycles. The molecule has 4 rings (SSSR count). The summed E-state index contributed by atoms with van der Waals surface area (Å²) < 4.78 is 0. The first-order valence-corrected chi connectivity index (χ1v) is 15.5. The van der Waals surface area contributed by atoms with Gasteiger partial charge in [-0.3, -0.25) is 0 Å². The molecule has 0 fully saturated rings. The summed E-state index contributed by atoms with van der Waals surface area (Å²) in [5.41, 5.74) is 5.78. The molecule has 1 aliphatic carbocycles. The monoisotopic (exact) mass is 478 g/mol. The van der Waals surface area contributed by atoms with Gasteiger partial charge in [0, 0.05) is 0 Å². The van der Waals surface area contributed by atoms with E-state index < -0.39 is 8.07 Å². The molecule has 0 aliphatic heterocycles. The average molecular weight is 479 g/mol. The Morgan fingerprint density at radius 3 is 1.34 bits per heavy atom. The quantitative estimate of drug-likeness (QED) is 0.229. The van der Waals surface area contributed by atoms with Crippen LogP contribution < -0.4 is 15.6 Å². The summed E-state index contributed by atoms with van der Waals surface area (Å²) >= 11 is 0. The summed E-state index contributed by atoms with van der Waals surface area (Å²) in [5, 5.41) is 6.17. The molecule has 0 saturated heterocycles. The van der Waals surface area contributed by atoms with E-state index in [0.717, 1.165) is 12.8 Å². The van der Waals surface area contributed by atoms with Gasteiger partial charge in [-0.1, -0.05) is 144 Å². The van der Waals surface area contributed by atoms with Gasteiger partial charge in [0.2, 0.25) is 0 Å². The zero-order valence-electron chi connectivity index (χ0n) is 22.7. The van der Waals surface area contributed by atoms with E-state index in [1.807, 2.05) is 0 Å². The largest absolute Gasteiger partial charge is 0.175 e. The molecule has 0 atom stereocenters. The van der Waals surface area contributed by atoms with E-state index in [2.05, 4.69) is 133 Å². The van der Waals surface area contributed by atoms with Crippen molar-refractivity contribution in [1.82, 2.24) is 0 Å². The highest BCUT2D eigenvalue weighted by molar-refractivity contribution is 7.16. The Morgan fingerprint density at radius 2 is 1.03 bits per heavy atom. The first-order valence-electron chi connectivity index (χ1n) is 13.5. The van der Waals surface area contributed by atoms with Gasteiger partial charge in [-0.15, -0.1) is 0 Å². The predicted octanol–water partition coefficient (Wildman–Crippen LogP) is 7.73. The normalized spacial score (nSPS) is 14.1. The van der Waals surface area contributed by atoms with E-state index in [1.54, 1.807) is 5.20 Å². The van der Waals surface area contributed by atoms with Gasteiger partial charge in [0.05, 0.1) is 0 Å². The van der Waals surface area contributed by atoms with Crippen molar-refractivity contribution in [1.29, 1.82) is 0 Å². The van der Waals surface area contributed by atoms with Gasteiger partial charge in [-0.25, -0.2) is 0 Å². The van der Waals surface area contributed by atoms with Gasteiger partial charge in [0.25, 0.3) is 0 Å². The Hall–Kier alpha value is -2.64. The van der Waals surface area contributed by atoms with Crippen molar-refractivity contribution in [3.05, 3.63) is 112 Å². The maximum Gasteiger partial charge on any atom is 0.175 e. The zero-order chi connectivity index (χ0) is 25.2. The second-order valence-corrected chi connectivity index (χ2v) is 15.0. The summed E-state index contributed by atoms with van der Waals surface area (Å²) in [5.74, 6) is 1.52. The van der Waals surface area contributed by atoms with Crippen LogP contribution in [-0.2, 0) is 0 Å². The lowest BCUT2D eigenvalue weighted by molar-refractivity contribution is 0.867. The smallest absolute Gasteiger partial charge is 0.0776 e. The van der Waals surface area contributed by atoms with Gasteiger partial charge in [0.15, 0.2) is 8.07 Å².